The molecule has 0 bridgehead atoms. The third kappa shape index (κ3) is 3.12. The topological polar surface area (TPSA) is 46.0 Å². The minimum absolute atomic E-state index is 0.805. The summed E-state index contributed by atoms with van der Waals surface area (Å²) in [6, 6.07) is 2.05. The summed E-state index contributed by atoms with van der Waals surface area (Å²) in [4.78, 5) is 10.5. The van der Waals surface area contributed by atoms with Crippen molar-refractivity contribution in [2.75, 3.05) is 19.0 Å². The van der Waals surface area contributed by atoms with Crippen molar-refractivity contribution in [3.63, 3.8) is 0 Å². The number of nitrogens with one attached hydrogen (secondary N) is 1. The Labute approximate surface area is 114 Å². The Morgan fingerprint density at radius 2 is 2.05 bits per heavy atom. The first-order chi connectivity index (χ1) is 9.09. The van der Waals surface area contributed by atoms with Gasteiger partial charge in [0.25, 0.3) is 0 Å². The van der Waals surface area contributed by atoms with Crippen LogP contribution in [0.3, 0.4) is 0 Å². The zero-order chi connectivity index (χ0) is 13.8. The van der Waals surface area contributed by atoms with Gasteiger partial charge in [-0.15, -0.1) is 0 Å². The van der Waals surface area contributed by atoms with E-state index in [-0.39, 0.29) is 0 Å². The molecule has 19 heavy (non-hydrogen) atoms. The molecule has 102 valence electrons. The Morgan fingerprint density at radius 1 is 1.26 bits per heavy atom. The molecule has 0 saturated carbocycles. The summed E-state index contributed by atoms with van der Waals surface area (Å²) in [5.74, 6) is 0.969. The van der Waals surface area contributed by atoms with E-state index in [0.29, 0.717) is 0 Å². The summed E-state index contributed by atoms with van der Waals surface area (Å²) in [7, 11) is 6.04. The highest BCUT2D eigenvalue weighted by atomic mass is 15.3. The van der Waals surface area contributed by atoms with Gasteiger partial charge in [0.1, 0.15) is 0 Å². The molecule has 2 heterocycles. The first-order valence-corrected chi connectivity index (χ1v) is 6.37. The molecule has 0 unspecified atom stereocenters. The molecule has 0 spiro atoms. The fourth-order valence-corrected chi connectivity index (χ4v) is 2.04. The average Bonchev–Trinajstić information content (AvgIpc) is 2.74. The fourth-order valence-electron chi connectivity index (χ4n) is 2.04. The lowest BCUT2D eigenvalue weighted by Crippen LogP contribution is -2.18. The summed E-state index contributed by atoms with van der Waals surface area (Å²) >= 11 is 0. The molecule has 0 amide bonds. The Balaban J connectivity index is 1.95. The Kier molecular flexibility index (Phi) is 4.16. The lowest BCUT2D eigenvalue weighted by Gasteiger charge is -2.13. The SMILES string of the molecule is Cc1cnccc1CNCc1cnc(N(C)C)n1C. The van der Waals surface area contributed by atoms with Gasteiger partial charge in [-0.05, 0) is 24.1 Å². The van der Waals surface area contributed by atoms with Crippen LogP contribution in [0.4, 0.5) is 5.95 Å². The van der Waals surface area contributed by atoms with E-state index in [2.05, 4.69) is 32.8 Å². The van der Waals surface area contributed by atoms with Crippen molar-refractivity contribution in [2.45, 2.75) is 20.0 Å². The van der Waals surface area contributed by atoms with Crippen molar-refractivity contribution in [1.82, 2.24) is 19.9 Å². The molecule has 0 radical (unpaired) electrons. The van der Waals surface area contributed by atoms with Gasteiger partial charge in [0.05, 0.1) is 11.9 Å². The minimum Gasteiger partial charge on any atom is -0.348 e. The van der Waals surface area contributed by atoms with Crippen LogP contribution in [0, 0.1) is 6.92 Å². The third-order valence-electron chi connectivity index (χ3n) is 3.22. The highest BCUT2D eigenvalue weighted by molar-refractivity contribution is 5.31. The fraction of sp³-hybridized carbons (Fsp3) is 0.429. The predicted molar refractivity (Wildman–Crippen MR) is 77.1 cm³/mol. The van der Waals surface area contributed by atoms with Gasteiger partial charge < -0.3 is 14.8 Å². The molecule has 0 aromatic carbocycles. The van der Waals surface area contributed by atoms with E-state index < -0.39 is 0 Å². The smallest absolute Gasteiger partial charge is 0.204 e. The van der Waals surface area contributed by atoms with Crippen LogP contribution >= 0.6 is 0 Å². The van der Waals surface area contributed by atoms with E-state index in [0.717, 1.165) is 19.0 Å². The quantitative estimate of drug-likeness (QED) is 0.883. The van der Waals surface area contributed by atoms with Crippen LogP contribution in [0.1, 0.15) is 16.8 Å². The van der Waals surface area contributed by atoms with Crippen molar-refractivity contribution in [1.29, 1.82) is 0 Å². The first kappa shape index (κ1) is 13.5. The summed E-state index contributed by atoms with van der Waals surface area (Å²) < 4.78 is 2.10. The van der Waals surface area contributed by atoms with E-state index >= 15 is 0 Å². The van der Waals surface area contributed by atoms with Gasteiger partial charge in [0.2, 0.25) is 5.95 Å². The van der Waals surface area contributed by atoms with Gasteiger partial charge in [-0.3, -0.25) is 4.98 Å². The van der Waals surface area contributed by atoms with Crippen molar-refractivity contribution in [2.24, 2.45) is 7.05 Å². The largest absolute Gasteiger partial charge is 0.348 e. The molecular formula is C14H21N5. The number of hydrogen-bond acceptors (Lipinski definition) is 4. The van der Waals surface area contributed by atoms with Crippen molar-refractivity contribution in [3.8, 4) is 0 Å². The summed E-state index contributed by atoms with van der Waals surface area (Å²) in [5, 5.41) is 3.44. The highest BCUT2D eigenvalue weighted by Gasteiger charge is 2.07. The molecule has 5 nitrogen and oxygen atoms in total. The van der Waals surface area contributed by atoms with Crippen LogP contribution in [-0.4, -0.2) is 28.6 Å². The highest BCUT2D eigenvalue weighted by Crippen LogP contribution is 2.11. The van der Waals surface area contributed by atoms with Gasteiger partial charge in [0, 0.05) is 46.6 Å². The lowest BCUT2D eigenvalue weighted by molar-refractivity contribution is 0.652. The van der Waals surface area contributed by atoms with E-state index in [1.807, 2.05) is 44.6 Å². The molecule has 0 fully saturated rings. The zero-order valence-corrected chi connectivity index (χ0v) is 12.0. The number of anilines is 1. The Hall–Kier alpha value is -1.88. The summed E-state index contributed by atoms with van der Waals surface area (Å²) in [6.07, 6.45) is 5.64. The maximum atomic E-state index is 4.40. The van der Waals surface area contributed by atoms with E-state index in [4.69, 9.17) is 0 Å². The second-order valence-corrected chi connectivity index (χ2v) is 4.91. The number of aryl methyl sites for hydroxylation is 1. The summed E-state index contributed by atoms with van der Waals surface area (Å²) in [5.41, 5.74) is 3.68. The van der Waals surface area contributed by atoms with Crippen LogP contribution in [0.15, 0.2) is 24.7 Å². The van der Waals surface area contributed by atoms with Crippen LogP contribution in [0.25, 0.3) is 0 Å². The molecule has 0 saturated heterocycles. The summed E-state index contributed by atoms with van der Waals surface area (Å²) in [6.45, 7) is 3.73. The van der Waals surface area contributed by atoms with E-state index in [1.165, 1.54) is 16.8 Å². The molecule has 2 rings (SSSR count). The van der Waals surface area contributed by atoms with Crippen LogP contribution < -0.4 is 10.2 Å². The van der Waals surface area contributed by atoms with Gasteiger partial charge in [0.15, 0.2) is 0 Å². The molecule has 0 aliphatic carbocycles. The van der Waals surface area contributed by atoms with Crippen molar-refractivity contribution >= 4 is 5.95 Å². The van der Waals surface area contributed by atoms with Crippen LogP contribution in [0.2, 0.25) is 0 Å². The minimum atomic E-state index is 0.805. The van der Waals surface area contributed by atoms with Crippen molar-refractivity contribution in [3.05, 3.63) is 41.5 Å². The Bertz CT molecular complexity index is 545. The number of rotatable bonds is 5. The molecule has 1 N–H and O–H groups in total. The average molecular weight is 259 g/mol. The zero-order valence-electron chi connectivity index (χ0n) is 12.0. The van der Waals surface area contributed by atoms with Crippen LogP contribution in [0.5, 0.6) is 0 Å². The maximum absolute atomic E-state index is 4.40. The van der Waals surface area contributed by atoms with Gasteiger partial charge >= 0.3 is 0 Å². The standard InChI is InChI=1S/C14H21N5/c1-11-7-15-6-5-12(11)8-16-9-13-10-17-14(18(2)3)19(13)4/h5-7,10,16H,8-9H2,1-4H3. The van der Waals surface area contributed by atoms with Gasteiger partial charge in [-0.2, -0.15) is 0 Å². The number of pyridine rings is 1. The first-order valence-electron chi connectivity index (χ1n) is 6.37. The molecule has 2 aromatic heterocycles. The monoisotopic (exact) mass is 259 g/mol. The van der Waals surface area contributed by atoms with Crippen molar-refractivity contribution < 1.29 is 0 Å². The van der Waals surface area contributed by atoms with E-state index in [1.54, 1.807) is 0 Å². The predicted octanol–water partition coefficient (Wildman–Crippen LogP) is 1.48. The number of aromatic nitrogens is 3. The number of imidazole rings is 1. The molecule has 0 aliphatic heterocycles. The number of hydrogen-bond donors (Lipinski definition) is 1. The third-order valence-corrected chi connectivity index (χ3v) is 3.22. The normalized spacial score (nSPS) is 10.7. The van der Waals surface area contributed by atoms with Gasteiger partial charge in [-0.25, -0.2) is 4.98 Å². The molecule has 5 heteroatoms. The number of nitrogens with zero attached hydrogens (tertiary/aromatic N) is 4. The molecule has 0 aliphatic rings. The Morgan fingerprint density at radius 3 is 2.68 bits per heavy atom. The second kappa shape index (κ2) is 5.84. The van der Waals surface area contributed by atoms with Crippen LogP contribution in [-0.2, 0) is 20.1 Å². The van der Waals surface area contributed by atoms with Gasteiger partial charge in [-0.1, -0.05) is 0 Å². The lowest BCUT2D eigenvalue weighted by atomic mass is 10.1. The maximum Gasteiger partial charge on any atom is 0.204 e. The molecule has 2 aromatic rings. The van der Waals surface area contributed by atoms with E-state index in [9.17, 15) is 0 Å². The second-order valence-electron chi connectivity index (χ2n) is 4.91. The molecular weight excluding hydrogens is 238 g/mol. The molecule has 0 atom stereocenters.